The molecule has 0 aliphatic rings. The Morgan fingerprint density at radius 1 is 1.07 bits per heavy atom. The molecule has 2 aromatic carbocycles. The zero-order valence-corrected chi connectivity index (χ0v) is 17.9. The number of rotatable bonds is 6. The molecule has 0 radical (unpaired) electrons. The minimum Gasteiger partial charge on any atom is -0.497 e. The first-order valence-electron chi connectivity index (χ1n) is 8.14. The van der Waals surface area contributed by atoms with Crippen LogP contribution in [0.1, 0.15) is 24.2 Å². The number of ether oxygens (including phenoxy) is 3. The Morgan fingerprint density at radius 2 is 1.78 bits per heavy atom. The summed E-state index contributed by atoms with van der Waals surface area (Å²) in [6.45, 7) is 3.79. The van der Waals surface area contributed by atoms with Gasteiger partial charge in [0.25, 0.3) is 5.91 Å². The summed E-state index contributed by atoms with van der Waals surface area (Å²) in [7, 11) is 3.11. The van der Waals surface area contributed by atoms with Crippen LogP contribution >= 0.6 is 28.1 Å². The third-order valence-corrected chi connectivity index (χ3v) is 4.13. The number of carbonyl (C=O) groups excluding carboxylic acids is 1. The van der Waals surface area contributed by atoms with Gasteiger partial charge < -0.3 is 19.5 Å². The number of methoxy groups -OCH3 is 2. The first-order valence-corrected chi connectivity index (χ1v) is 9.34. The highest BCUT2D eigenvalue weighted by Gasteiger charge is 2.16. The lowest BCUT2D eigenvalue weighted by Gasteiger charge is -2.16. The fourth-order valence-electron chi connectivity index (χ4n) is 2.27. The molecule has 1 amide bonds. The molecule has 0 aliphatic heterocycles. The van der Waals surface area contributed by atoms with E-state index in [1.54, 1.807) is 44.6 Å². The molecular weight excluding hydrogens is 432 g/mol. The first kappa shape index (κ1) is 21.0. The number of anilines is 1. The van der Waals surface area contributed by atoms with E-state index in [2.05, 4.69) is 26.6 Å². The summed E-state index contributed by atoms with van der Waals surface area (Å²) < 4.78 is 17.0. The number of thiocarbonyl (C=S) groups is 1. The largest absolute Gasteiger partial charge is 0.497 e. The fourth-order valence-corrected chi connectivity index (χ4v) is 2.84. The Kier molecular flexibility index (Phi) is 7.44. The van der Waals surface area contributed by atoms with E-state index in [4.69, 9.17) is 26.4 Å². The Morgan fingerprint density at radius 3 is 2.41 bits per heavy atom. The van der Waals surface area contributed by atoms with Gasteiger partial charge in [-0.25, -0.2) is 0 Å². The molecule has 0 bridgehead atoms. The molecule has 2 N–H and O–H groups in total. The molecule has 0 unspecified atom stereocenters. The van der Waals surface area contributed by atoms with E-state index in [1.165, 1.54) is 0 Å². The lowest BCUT2D eigenvalue weighted by atomic mass is 10.2. The van der Waals surface area contributed by atoms with E-state index >= 15 is 0 Å². The molecule has 0 spiro atoms. The van der Waals surface area contributed by atoms with Crippen LogP contribution in [-0.2, 0) is 0 Å². The average Bonchev–Trinajstić information content (AvgIpc) is 2.62. The topological polar surface area (TPSA) is 68.8 Å². The van der Waals surface area contributed by atoms with Crippen LogP contribution in [0, 0.1) is 0 Å². The predicted molar refractivity (Wildman–Crippen MR) is 113 cm³/mol. The lowest BCUT2D eigenvalue weighted by molar-refractivity contribution is 0.0972. The monoisotopic (exact) mass is 452 g/mol. The minimum absolute atomic E-state index is 0.0659. The van der Waals surface area contributed by atoms with Gasteiger partial charge in [0.05, 0.1) is 31.6 Å². The summed E-state index contributed by atoms with van der Waals surface area (Å²) in [5.41, 5.74) is 0.954. The van der Waals surface area contributed by atoms with Crippen molar-refractivity contribution in [3.05, 3.63) is 46.4 Å². The van der Waals surface area contributed by atoms with Crippen LogP contribution in [0.5, 0.6) is 17.2 Å². The maximum Gasteiger partial charge on any atom is 0.261 e. The molecule has 2 rings (SSSR count). The van der Waals surface area contributed by atoms with Crippen molar-refractivity contribution >= 4 is 44.9 Å². The van der Waals surface area contributed by atoms with Gasteiger partial charge >= 0.3 is 0 Å². The summed E-state index contributed by atoms with van der Waals surface area (Å²) in [6.07, 6.45) is -0.0659. The summed E-state index contributed by atoms with van der Waals surface area (Å²) in [5, 5.41) is 5.74. The van der Waals surface area contributed by atoms with Crippen molar-refractivity contribution in [2.75, 3.05) is 19.5 Å². The fraction of sp³-hybridized carbons (Fsp3) is 0.263. The Bertz CT molecular complexity index is 842. The molecule has 0 heterocycles. The highest BCUT2D eigenvalue weighted by atomic mass is 79.9. The van der Waals surface area contributed by atoms with E-state index in [0.717, 1.165) is 4.47 Å². The van der Waals surface area contributed by atoms with Gasteiger partial charge in [0, 0.05) is 10.5 Å². The zero-order chi connectivity index (χ0) is 20.0. The summed E-state index contributed by atoms with van der Waals surface area (Å²) >= 11 is 8.64. The van der Waals surface area contributed by atoms with Gasteiger partial charge in [0.1, 0.15) is 17.2 Å². The highest BCUT2D eigenvalue weighted by Crippen LogP contribution is 2.29. The number of amides is 1. The zero-order valence-electron chi connectivity index (χ0n) is 15.5. The molecule has 2 aromatic rings. The quantitative estimate of drug-likeness (QED) is 0.633. The number of nitrogens with one attached hydrogen (secondary N) is 2. The maximum absolute atomic E-state index is 12.7. The third kappa shape index (κ3) is 5.83. The number of benzene rings is 2. The van der Waals surface area contributed by atoms with E-state index in [0.29, 0.717) is 28.5 Å². The van der Waals surface area contributed by atoms with Gasteiger partial charge in [0.2, 0.25) is 0 Å². The van der Waals surface area contributed by atoms with E-state index < -0.39 is 0 Å². The van der Waals surface area contributed by atoms with Crippen LogP contribution in [0.3, 0.4) is 0 Å². The average molecular weight is 453 g/mol. The molecule has 0 saturated carbocycles. The van der Waals surface area contributed by atoms with Crippen molar-refractivity contribution in [1.29, 1.82) is 0 Å². The molecule has 0 aliphatic carbocycles. The van der Waals surface area contributed by atoms with Crippen molar-refractivity contribution in [2.24, 2.45) is 0 Å². The Balaban J connectivity index is 2.17. The summed E-state index contributed by atoms with van der Waals surface area (Å²) in [6, 6.07) is 10.5. The van der Waals surface area contributed by atoms with E-state index in [-0.39, 0.29) is 17.1 Å². The van der Waals surface area contributed by atoms with Gasteiger partial charge in [-0.15, -0.1) is 0 Å². The molecule has 0 saturated heterocycles. The SMILES string of the molecule is COc1ccc(OC)c(NC(=S)NC(=O)c2cc(Br)ccc2OC(C)C)c1. The van der Waals surface area contributed by atoms with Crippen molar-refractivity contribution in [1.82, 2.24) is 5.32 Å². The molecule has 144 valence electrons. The van der Waals surface area contributed by atoms with Gasteiger partial charge in [-0.2, -0.15) is 0 Å². The van der Waals surface area contributed by atoms with Crippen LogP contribution in [0.2, 0.25) is 0 Å². The third-order valence-electron chi connectivity index (χ3n) is 3.43. The second-order valence-electron chi connectivity index (χ2n) is 5.78. The molecule has 0 atom stereocenters. The number of carbonyl (C=O) groups is 1. The first-order chi connectivity index (χ1) is 12.8. The number of hydrogen-bond donors (Lipinski definition) is 2. The number of hydrogen-bond acceptors (Lipinski definition) is 5. The summed E-state index contributed by atoms with van der Waals surface area (Å²) in [5.74, 6) is 1.30. The maximum atomic E-state index is 12.7. The van der Waals surface area contributed by atoms with Gasteiger partial charge in [-0.3, -0.25) is 10.1 Å². The molecule has 6 nitrogen and oxygen atoms in total. The second kappa shape index (κ2) is 9.57. The molecule has 27 heavy (non-hydrogen) atoms. The summed E-state index contributed by atoms with van der Waals surface area (Å²) in [4.78, 5) is 12.7. The number of halogens is 1. The van der Waals surface area contributed by atoms with Gasteiger partial charge in [-0.1, -0.05) is 15.9 Å². The van der Waals surface area contributed by atoms with Crippen LogP contribution in [-0.4, -0.2) is 31.3 Å². The van der Waals surface area contributed by atoms with Crippen molar-refractivity contribution < 1.29 is 19.0 Å². The second-order valence-corrected chi connectivity index (χ2v) is 7.11. The standard InChI is InChI=1S/C19H21BrN2O4S/c1-11(2)26-16-7-5-12(20)9-14(16)18(23)22-19(27)21-15-10-13(24-3)6-8-17(15)25-4/h5-11H,1-4H3,(H2,21,22,23,27). The van der Waals surface area contributed by atoms with Gasteiger partial charge in [-0.05, 0) is 56.4 Å². The van der Waals surface area contributed by atoms with Gasteiger partial charge in [0.15, 0.2) is 5.11 Å². The van der Waals surface area contributed by atoms with Crippen LogP contribution < -0.4 is 24.8 Å². The van der Waals surface area contributed by atoms with Crippen molar-refractivity contribution in [3.63, 3.8) is 0 Å². The van der Waals surface area contributed by atoms with E-state index in [1.807, 2.05) is 19.9 Å². The molecule has 0 fully saturated rings. The van der Waals surface area contributed by atoms with Crippen molar-refractivity contribution in [3.8, 4) is 17.2 Å². The minimum atomic E-state index is -0.383. The van der Waals surface area contributed by atoms with Crippen molar-refractivity contribution in [2.45, 2.75) is 20.0 Å². The Labute approximate surface area is 172 Å². The van der Waals surface area contributed by atoms with Crippen LogP contribution in [0.15, 0.2) is 40.9 Å². The molecule has 8 heteroatoms. The van der Waals surface area contributed by atoms with Crippen LogP contribution in [0.25, 0.3) is 0 Å². The Hall–Kier alpha value is -2.32. The highest BCUT2D eigenvalue weighted by molar-refractivity contribution is 9.10. The smallest absolute Gasteiger partial charge is 0.261 e. The molecular formula is C19H21BrN2O4S. The lowest BCUT2D eigenvalue weighted by Crippen LogP contribution is -2.34. The van der Waals surface area contributed by atoms with Crippen LogP contribution in [0.4, 0.5) is 5.69 Å². The van der Waals surface area contributed by atoms with E-state index in [9.17, 15) is 4.79 Å². The predicted octanol–water partition coefficient (Wildman–Crippen LogP) is 4.38. The molecule has 0 aromatic heterocycles. The normalized spacial score (nSPS) is 10.3.